The Kier molecular flexibility index (Phi) is 4.18. The van der Waals surface area contributed by atoms with E-state index >= 15 is 0 Å². The maximum Gasteiger partial charge on any atom is 0.269 e. The van der Waals surface area contributed by atoms with Gasteiger partial charge < -0.3 is 0 Å². The van der Waals surface area contributed by atoms with Crippen LogP contribution in [0.5, 0.6) is 0 Å². The third-order valence-corrected chi connectivity index (χ3v) is 3.84. The highest BCUT2D eigenvalue weighted by Gasteiger charge is 2.48. The van der Waals surface area contributed by atoms with Crippen LogP contribution in [0.2, 0.25) is 0 Å². The molecular weight excluding hydrogens is 272 g/mol. The van der Waals surface area contributed by atoms with Crippen LogP contribution in [0.25, 0.3) is 0 Å². The molecule has 108 valence electrons. The summed E-state index contributed by atoms with van der Waals surface area (Å²) in [4.78, 5) is 15.8. The van der Waals surface area contributed by atoms with E-state index in [4.69, 9.17) is 10.1 Å². The number of nitrogens with zero attached hydrogens (tertiary/aromatic N) is 4. The summed E-state index contributed by atoms with van der Waals surface area (Å²) in [5, 5.41) is 30.4. The minimum Gasteiger partial charge on any atom is -0.297 e. The second kappa shape index (κ2) is 5.88. The molecule has 2 atom stereocenters. The number of rotatable bonds is 4. The maximum absolute atomic E-state index is 10.7. The number of hydroxylamine groups is 2. The SMILES string of the molecule is C[C@]1(c2ccc([N+](=O)[O-])cc2)[C@H](C#N)CON1CCC#N. The van der Waals surface area contributed by atoms with Crippen molar-refractivity contribution < 1.29 is 9.76 Å². The largest absolute Gasteiger partial charge is 0.297 e. The second-order valence-electron chi connectivity index (χ2n) is 4.94. The van der Waals surface area contributed by atoms with Crippen molar-refractivity contribution >= 4 is 5.69 Å². The number of non-ortho nitro benzene ring substituents is 1. The van der Waals surface area contributed by atoms with Crippen molar-refractivity contribution in [3.05, 3.63) is 39.9 Å². The van der Waals surface area contributed by atoms with Gasteiger partial charge in [-0.3, -0.25) is 15.0 Å². The summed E-state index contributed by atoms with van der Waals surface area (Å²) >= 11 is 0. The molecule has 0 unspecified atom stereocenters. The van der Waals surface area contributed by atoms with Crippen LogP contribution in [0.4, 0.5) is 5.69 Å². The molecule has 0 bridgehead atoms. The first kappa shape index (κ1) is 14.9. The lowest BCUT2D eigenvalue weighted by Gasteiger charge is -2.34. The normalized spacial score (nSPS) is 25.2. The minimum atomic E-state index is -0.721. The van der Waals surface area contributed by atoms with Crippen molar-refractivity contribution in [2.75, 3.05) is 13.2 Å². The summed E-state index contributed by atoms with van der Waals surface area (Å²) in [6.45, 7) is 2.48. The molecule has 1 aromatic rings. The van der Waals surface area contributed by atoms with E-state index < -0.39 is 16.4 Å². The number of hydrogen-bond donors (Lipinski definition) is 0. The summed E-state index contributed by atoms with van der Waals surface area (Å²) in [5.41, 5.74) is 0.0363. The predicted octanol–water partition coefficient (Wildman–Crippen LogP) is 2.11. The average molecular weight is 286 g/mol. The topological polar surface area (TPSA) is 103 Å². The smallest absolute Gasteiger partial charge is 0.269 e. The van der Waals surface area contributed by atoms with Gasteiger partial charge in [-0.05, 0) is 12.5 Å². The molecule has 0 saturated carbocycles. The predicted molar refractivity (Wildman–Crippen MR) is 72.4 cm³/mol. The van der Waals surface area contributed by atoms with Crippen LogP contribution in [0.3, 0.4) is 0 Å². The van der Waals surface area contributed by atoms with Gasteiger partial charge in [-0.2, -0.15) is 15.6 Å². The number of hydrogen-bond acceptors (Lipinski definition) is 6. The molecule has 1 heterocycles. The molecule has 0 aliphatic carbocycles. The first-order chi connectivity index (χ1) is 10.0. The Balaban J connectivity index is 2.37. The van der Waals surface area contributed by atoms with Crippen molar-refractivity contribution in [2.24, 2.45) is 5.92 Å². The van der Waals surface area contributed by atoms with Crippen LogP contribution in [0.1, 0.15) is 18.9 Å². The zero-order valence-corrected chi connectivity index (χ0v) is 11.5. The Morgan fingerprint density at radius 1 is 1.48 bits per heavy atom. The van der Waals surface area contributed by atoms with E-state index in [-0.39, 0.29) is 18.7 Å². The number of benzene rings is 1. The number of nitro groups is 1. The van der Waals surface area contributed by atoms with Crippen molar-refractivity contribution in [3.8, 4) is 12.1 Å². The number of nitriles is 2. The molecule has 1 aromatic carbocycles. The zero-order chi connectivity index (χ0) is 15.5. The molecule has 7 heteroatoms. The molecule has 1 aliphatic rings. The van der Waals surface area contributed by atoms with Crippen molar-refractivity contribution in [1.29, 1.82) is 10.5 Å². The lowest BCUT2D eigenvalue weighted by atomic mass is 9.81. The Morgan fingerprint density at radius 2 is 2.14 bits per heavy atom. The average Bonchev–Trinajstić information content (AvgIpc) is 2.82. The molecule has 2 rings (SSSR count). The van der Waals surface area contributed by atoms with Crippen molar-refractivity contribution in [2.45, 2.75) is 18.9 Å². The lowest BCUT2D eigenvalue weighted by molar-refractivity contribution is -0.384. The standard InChI is InChI=1S/C14H14N4O3/c1-14(11-3-5-13(6-4-11)18(19)20)12(9-16)10-21-17(14)8-2-7-15/h3-6,12H,2,8,10H2,1H3/t12-,14+/m1/s1. The van der Waals surface area contributed by atoms with Gasteiger partial charge in [0.25, 0.3) is 5.69 Å². The molecule has 0 radical (unpaired) electrons. The van der Waals surface area contributed by atoms with Crippen LogP contribution < -0.4 is 0 Å². The van der Waals surface area contributed by atoms with Gasteiger partial charge in [0.15, 0.2) is 0 Å². The second-order valence-corrected chi connectivity index (χ2v) is 4.94. The first-order valence-electron chi connectivity index (χ1n) is 6.46. The van der Waals surface area contributed by atoms with Crippen LogP contribution in [0, 0.1) is 38.7 Å². The van der Waals surface area contributed by atoms with E-state index in [1.165, 1.54) is 12.1 Å². The fourth-order valence-corrected chi connectivity index (χ4v) is 2.51. The summed E-state index contributed by atoms with van der Waals surface area (Å²) in [6.07, 6.45) is 0.278. The van der Waals surface area contributed by atoms with Crippen LogP contribution in [-0.4, -0.2) is 23.1 Å². The van der Waals surface area contributed by atoms with Gasteiger partial charge in [-0.15, -0.1) is 0 Å². The van der Waals surface area contributed by atoms with Gasteiger partial charge in [-0.1, -0.05) is 12.1 Å². The molecule has 7 nitrogen and oxygen atoms in total. The van der Waals surface area contributed by atoms with Crippen LogP contribution >= 0.6 is 0 Å². The van der Waals surface area contributed by atoms with Gasteiger partial charge in [0.05, 0.1) is 41.5 Å². The highest BCUT2D eigenvalue weighted by molar-refractivity contribution is 5.37. The van der Waals surface area contributed by atoms with Crippen LogP contribution in [-0.2, 0) is 10.4 Å². The van der Waals surface area contributed by atoms with E-state index in [2.05, 4.69) is 6.07 Å². The lowest BCUT2D eigenvalue weighted by Crippen LogP contribution is -2.42. The van der Waals surface area contributed by atoms with E-state index in [1.54, 1.807) is 17.2 Å². The third kappa shape index (κ3) is 2.57. The van der Waals surface area contributed by atoms with Gasteiger partial charge >= 0.3 is 0 Å². The molecule has 1 aliphatic heterocycles. The zero-order valence-electron chi connectivity index (χ0n) is 11.5. The highest BCUT2D eigenvalue weighted by atomic mass is 16.7. The summed E-state index contributed by atoms with van der Waals surface area (Å²) in [5.74, 6) is -0.405. The fourth-order valence-electron chi connectivity index (χ4n) is 2.51. The van der Waals surface area contributed by atoms with Gasteiger partial charge in [0.2, 0.25) is 0 Å². The Bertz CT molecular complexity index is 617. The molecule has 0 aromatic heterocycles. The Labute approximate surface area is 122 Å². The molecule has 0 amide bonds. The van der Waals surface area contributed by atoms with Crippen molar-refractivity contribution in [1.82, 2.24) is 5.06 Å². The summed E-state index contributed by atoms with van der Waals surface area (Å²) < 4.78 is 0. The quantitative estimate of drug-likeness (QED) is 0.620. The van der Waals surface area contributed by atoms with E-state index in [0.29, 0.717) is 6.54 Å². The molecule has 0 N–H and O–H groups in total. The summed E-state index contributed by atoms with van der Waals surface area (Å²) in [6, 6.07) is 10.4. The highest BCUT2D eigenvalue weighted by Crippen LogP contribution is 2.41. The van der Waals surface area contributed by atoms with E-state index in [1.807, 2.05) is 13.0 Å². The molecule has 21 heavy (non-hydrogen) atoms. The number of nitro benzene ring substituents is 1. The van der Waals surface area contributed by atoms with E-state index in [0.717, 1.165) is 5.56 Å². The molecular formula is C14H14N4O3. The fraction of sp³-hybridized carbons (Fsp3) is 0.429. The van der Waals surface area contributed by atoms with Gasteiger partial charge in [-0.25, -0.2) is 0 Å². The van der Waals surface area contributed by atoms with Crippen LogP contribution in [0.15, 0.2) is 24.3 Å². The molecule has 1 saturated heterocycles. The maximum atomic E-state index is 10.7. The summed E-state index contributed by atoms with van der Waals surface area (Å²) in [7, 11) is 0. The monoisotopic (exact) mass is 286 g/mol. The first-order valence-corrected chi connectivity index (χ1v) is 6.46. The van der Waals surface area contributed by atoms with Gasteiger partial charge in [0.1, 0.15) is 0 Å². The third-order valence-electron chi connectivity index (χ3n) is 3.84. The minimum absolute atomic E-state index is 0.00153. The molecule has 1 fully saturated rings. The van der Waals surface area contributed by atoms with Crippen molar-refractivity contribution in [3.63, 3.8) is 0 Å². The molecule has 0 spiro atoms. The van der Waals surface area contributed by atoms with E-state index in [9.17, 15) is 15.4 Å². The Hall–Kier alpha value is -2.48. The van der Waals surface area contributed by atoms with Gasteiger partial charge in [0, 0.05) is 18.7 Å². The Morgan fingerprint density at radius 3 is 2.67 bits per heavy atom.